The Kier molecular flexibility index (Phi) is 4.90. The topological polar surface area (TPSA) is 58.4 Å². The van der Waals surface area contributed by atoms with Crippen molar-refractivity contribution in [1.82, 2.24) is 10.3 Å². The fraction of sp³-hybridized carbons (Fsp3) is 0.900. The molecule has 0 bridgehead atoms. The number of piperidine rings is 1. The molecule has 0 spiro atoms. The molecule has 1 aliphatic rings. The van der Waals surface area contributed by atoms with Crippen molar-refractivity contribution in [2.45, 2.75) is 32.1 Å². The van der Waals surface area contributed by atoms with Crippen LogP contribution in [0.25, 0.3) is 0 Å². The van der Waals surface area contributed by atoms with Gasteiger partial charge in [-0.05, 0) is 45.2 Å². The van der Waals surface area contributed by atoms with E-state index in [-0.39, 0.29) is 5.91 Å². The minimum atomic E-state index is -0.0471. The maximum Gasteiger partial charge on any atom is 0.233 e. The summed E-state index contributed by atoms with van der Waals surface area (Å²) in [6.45, 7) is 2.41. The Morgan fingerprint density at radius 1 is 1.64 bits per heavy atom. The summed E-state index contributed by atoms with van der Waals surface area (Å²) in [5, 5.41) is 0. The number of nitrogens with zero attached hydrogens (tertiary/aromatic N) is 1. The molecular formula is C10H21N3O. The van der Waals surface area contributed by atoms with Crippen molar-refractivity contribution in [1.29, 1.82) is 0 Å². The van der Waals surface area contributed by atoms with Crippen LogP contribution in [0.2, 0.25) is 0 Å². The number of nitrogens with two attached hydrogens (primary N) is 1. The van der Waals surface area contributed by atoms with E-state index in [0.29, 0.717) is 6.42 Å². The molecule has 1 aliphatic heterocycles. The molecule has 0 aromatic carbocycles. The molecule has 0 radical (unpaired) electrons. The molecule has 1 heterocycles. The van der Waals surface area contributed by atoms with Gasteiger partial charge in [-0.15, -0.1) is 0 Å². The lowest BCUT2D eigenvalue weighted by molar-refractivity contribution is -0.121. The summed E-state index contributed by atoms with van der Waals surface area (Å²) in [4.78, 5) is 13.2. The fourth-order valence-corrected chi connectivity index (χ4v) is 2.13. The van der Waals surface area contributed by atoms with Gasteiger partial charge >= 0.3 is 0 Å². The molecule has 14 heavy (non-hydrogen) atoms. The minimum Gasteiger partial charge on any atom is -0.306 e. The van der Waals surface area contributed by atoms with Gasteiger partial charge < -0.3 is 4.90 Å². The van der Waals surface area contributed by atoms with Crippen LogP contribution in [-0.2, 0) is 4.79 Å². The van der Waals surface area contributed by atoms with Gasteiger partial charge in [-0.1, -0.05) is 0 Å². The van der Waals surface area contributed by atoms with E-state index in [4.69, 9.17) is 5.84 Å². The minimum absolute atomic E-state index is 0.0471. The summed E-state index contributed by atoms with van der Waals surface area (Å²) in [7, 11) is 2.17. The summed E-state index contributed by atoms with van der Waals surface area (Å²) >= 11 is 0. The van der Waals surface area contributed by atoms with Gasteiger partial charge in [0.05, 0.1) is 0 Å². The molecule has 0 saturated carbocycles. The van der Waals surface area contributed by atoms with E-state index < -0.39 is 0 Å². The Morgan fingerprint density at radius 3 is 3.07 bits per heavy atom. The summed E-state index contributed by atoms with van der Waals surface area (Å²) < 4.78 is 0. The van der Waals surface area contributed by atoms with Crippen molar-refractivity contribution < 1.29 is 4.79 Å². The highest BCUT2D eigenvalue weighted by atomic mass is 16.2. The van der Waals surface area contributed by atoms with Gasteiger partial charge in [-0.2, -0.15) is 0 Å². The zero-order chi connectivity index (χ0) is 10.4. The Hall–Kier alpha value is -0.610. The second kappa shape index (κ2) is 5.98. The quantitative estimate of drug-likeness (QED) is 0.393. The molecule has 0 aromatic heterocycles. The largest absolute Gasteiger partial charge is 0.306 e. The third-order valence-corrected chi connectivity index (χ3v) is 2.90. The van der Waals surface area contributed by atoms with Crippen molar-refractivity contribution in [3.8, 4) is 0 Å². The van der Waals surface area contributed by atoms with E-state index in [1.165, 1.54) is 25.9 Å². The first-order valence-electron chi connectivity index (χ1n) is 5.40. The number of rotatable bonds is 4. The van der Waals surface area contributed by atoms with E-state index >= 15 is 0 Å². The Morgan fingerprint density at radius 2 is 2.43 bits per heavy atom. The smallest absolute Gasteiger partial charge is 0.233 e. The predicted molar refractivity (Wildman–Crippen MR) is 56.4 cm³/mol. The standard InChI is InChI=1S/C10H21N3O/c1-13-7-3-5-9(8-13)4-2-6-10(14)12-11/h9H,2-8,11H2,1H3,(H,12,14). The monoisotopic (exact) mass is 199 g/mol. The second-order valence-electron chi connectivity index (χ2n) is 4.23. The van der Waals surface area contributed by atoms with Crippen LogP contribution in [0.5, 0.6) is 0 Å². The number of carbonyl (C=O) groups excluding carboxylic acids is 1. The van der Waals surface area contributed by atoms with Crippen molar-refractivity contribution in [3.05, 3.63) is 0 Å². The second-order valence-corrected chi connectivity index (χ2v) is 4.23. The molecular weight excluding hydrogens is 178 g/mol. The lowest BCUT2D eigenvalue weighted by Crippen LogP contribution is -2.32. The number of amides is 1. The van der Waals surface area contributed by atoms with Crippen LogP contribution in [-0.4, -0.2) is 30.9 Å². The predicted octanol–water partition coefficient (Wildman–Crippen LogP) is 0.488. The average Bonchev–Trinajstić information content (AvgIpc) is 2.17. The van der Waals surface area contributed by atoms with E-state index in [1.54, 1.807) is 0 Å². The van der Waals surface area contributed by atoms with Gasteiger partial charge in [0, 0.05) is 13.0 Å². The highest BCUT2D eigenvalue weighted by molar-refractivity contribution is 5.75. The highest BCUT2D eigenvalue weighted by Crippen LogP contribution is 2.20. The van der Waals surface area contributed by atoms with Crippen molar-refractivity contribution in [2.24, 2.45) is 11.8 Å². The highest BCUT2D eigenvalue weighted by Gasteiger charge is 2.16. The van der Waals surface area contributed by atoms with Gasteiger partial charge in [0.2, 0.25) is 5.91 Å². The molecule has 1 unspecified atom stereocenters. The molecule has 1 fully saturated rings. The van der Waals surface area contributed by atoms with Crippen LogP contribution in [0.3, 0.4) is 0 Å². The zero-order valence-electron chi connectivity index (χ0n) is 8.96. The van der Waals surface area contributed by atoms with Crippen LogP contribution >= 0.6 is 0 Å². The number of hydrogen-bond donors (Lipinski definition) is 2. The van der Waals surface area contributed by atoms with Gasteiger partial charge in [0.25, 0.3) is 0 Å². The molecule has 1 amide bonds. The Balaban J connectivity index is 2.08. The number of likely N-dealkylation sites (tertiary alicyclic amines) is 1. The summed E-state index contributed by atoms with van der Waals surface area (Å²) in [5.74, 6) is 5.74. The molecule has 1 atom stereocenters. The normalized spacial score (nSPS) is 23.4. The Labute approximate surface area is 85.8 Å². The number of carbonyl (C=O) groups is 1. The van der Waals surface area contributed by atoms with Gasteiger partial charge in [0.15, 0.2) is 0 Å². The molecule has 4 nitrogen and oxygen atoms in total. The van der Waals surface area contributed by atoms with Crippen LogP contribution in [0.4, 0.5) is 0 Å². The third kappa shape index (κ3) is 4.07. The third-order valence-electron chi connectivity index (χ3n) is 2.90. The zero-order valence-corrected chi connectivity index (χ0v) is 8.96. The lowest BCUT2D eigenvalue weighted by Gasteiger charge is -2.29. The summed E-state index contributed by atoms with van der Waals surface area (Å²) in [6, 6.07) is 0. The van der Waals surface area contributed by atoms with Crippen LogP contribution < -0.4 is 11.3 Å². The first kappa shape index (κ1) is 11.5. The van der Waals surface area contributed by atoms with Gasteiger partial charge in [0.1, 0.15) is 0 Å². The molecule has 1 saturated heterocycles. The first-order chi connectivity index (χ1) is 6.72. The van der Waals surface area contributed by atoms with Gasteiger partial charge in [-0.3, -0.25) is 10.2 Å². The summed E-state index contributed by atoms with van der Waals surface area (Å²) in [5.41, 5.74) is 2.16. The maximum atomic E-state index is 10.9. The van der Waals surface area contributed by atoms with E-state index in [1.807, 2.05) is 0 Å². The van der Waals surface area contributed by atoms with E-state index in [2.05, 4.69) is 17.4 Å². The number of nitrogens with one attached hydrogen (secondary N) is 1. The number of hydrazine groups is 1. The molecule has 3 N–H and O–H groups in total. The first-order valence-corrected chi connectivity index (χ1v) is 5.40. The van der Waals surface area contributed by atoms with Crippen molar-refractivity contribution >= 4 is 5.91 Å². The maximum absolute atomic E-state index is 10.9. The van der Waals surface area contributed by atoms with Crippen LogP contribution in [0, 0.1) is 5.92 Å². The Bertz CT molecular complexity index is 184. The van der Waals surface area contributed by atoms with E-state index in [0.717, 1.165) is 18.8 Å². The molecule has 0 aromatic rings. The van der Waals surface area contributed by atoms with Crippen molar-refractivity contribution in [2.75, 3.05) is 20.1 Å². The molecule has 1 rings (SSSR count). The molecule has 82 valence electrons. The number of hydrogen-bond acceptors (Lipinski definition) is 3. The van der Waals surface area contributed by atoms with E-state index in [9.17, 15) is 4.79 Å². The SMILES string of the molecule is CN1CCCC(CCCC(=O)NN)C1. The molecule has 4 heteroatoms. The van der Waals surface area contributed by atoms with Crippen LogP contribution in [0.1, 0.15) is 32.1 Å². The lowest BCUT2D eigenvalue weighted by atomic mass is 9.93. The van der Waals surface area contributed by atoms with Crippen molar-refractivity contribution in [3.63, 3.8) is 0 Å². The molecule has 0 aliphatic carbocycles. The van der Waals surface area contributed by atoms with Gasteiger partial charge in [-0.25, -0.2) is 5.84 Å². The average molecular weight is 199 g/mol. The summed E-state index contributed by atoms with van der Waals surface area (Å²) in [6.07, 6.45) is 5.29. The van der Waals surface area contributed by atoms with Crippen LogP contribution in [0.15, 0.2) is 0 Å². The fourth-order valence-electron chi connectivity index (χ4n) is 2.13.